The van der Waals surface area contributed by atoms with E-state index >= 15 is 0 Å². The van der Waals surface area contributed by atoms with Crippen LogP contribution in [0.1, 0.15) is 37.3 Å². The predicted molar refractivity (Wildman–Crippen MR) is 146 cm³/mol. The topological polar surface area (TPSA) is 78.9 Å². The molecule has 0 bridgehead atoms. The number of hydrogen-bond donors (Lipinski definition) is 0. The Morgan fingerprint density at radius 3 is 2.27 bits per heavy atom. The van der Waals surface area contributed by atoms with Crippen LogP contribution < -0.4 is 9.04 Å². The van der Waals surface area contributed by atoms with Gasteiger partial charge in [0.15, 0.2) is 0 Å². The van der Waals surface area contributed by atoms with E-state index < -0.39 is 23.3 Å². The average Bonchev–Trinajstić information content (AvgIpc) is 2.92. The minimum absolute atomic E-state index is 0.0384. The lowest BCUT2D eigenvalue weighted by atomic mass is 10.0. The van der Waals surface area contributed by atoms with E-state index in [2.05, 4.69) is 0 Å². The number of esters is 1. The van der Waals surface area contributed by atoms with Gasteiger partial charge in [0.05, 0.1) is 18.2 Å². The van der Waals surface area contributed by atoms with Crippen molar-refractivity contribution in [2.45, 2.75) is 45.4 Å². The Morgan fingerprint density at radius 1 is 0.865 bits per heavy atom. The van der Waals surface area contributed by atoms with Gasteiger partial charge >= 0.3 is 5.97 Å². The summed E-state index contributed by atoms with van der Waals surface area (Å²) in [6.45, 7) is 2.54. The summed E-state index contributed by atoms with van der Waals surface area (Å²) in [6.07, 6.45) is 1.21. The number of carbonyl (C=O) groups excluding carboxylic acids is 1. The summed E-state index contributed by atoms with van der Waals surface area (Å²) in [5, 5.41) is 1.75. The van der Waals surface area contributed by atoms with Crippen molar-refractivity contribution in [3.8, 4) is 5.75 Å². The zero-order chi connectivity index (χ0) is 26.0. The van der Waals surface area contributed by atoms with Crippen molar-refractivity contribution in [3.05, 3.63) is 108 Å². The first kappa shape index (κ1) is 26.4. The molecule has 0 heterocycles. The third-order valence-corrected chi connectivity index (χ3v) is 6.91. The van der Waals surface area contributed by atoms with Crippen molar-refractivity contribution in [3.63, 3.8) is 0 Å². The number of anilines is 1. The molecule has 0 saturated heterocycles. The van der Waals surface area contributed by atoms with Crippen molar-refractivity contribution < 1.29 is 23.0 Å². The van der Waals surface area contributed by atoms with E-state index in [0.717, 1.165) is 34.1 Å². The van der Waals surface area contributed by atoms with Crippen LogP contribution in [0.25, 0.3) is 10.8 Å². The molecule has 4 rings (SSSR count). The van der Waals surface area contributed by atoms with Gasteiger partial charge in [-0.25, -0.2) is 0 Å². The molecule has 37 heavy (non-hydrogen) atoms. The van der Waals surface area contributed by atoms with Crippen molar-refractivity contribution in [1.82, 2.24) is 0 Å². The molecule has 192 valence electrons. The molecule has 0 amide bonds. The highest BCUT2D eigenvalue weighted by atomic mass is 32.2. The summed E-state index contributed by atoms with van der Waals surface area (Å²) in [7, 11) is 0. The molecule has 2 atom stereocenters. The van der Waals surface area contributed by atoms with E-state index in [1.807, 2.05) is 97.9 Å². The van der Waals surface area contributed by atoms with E-state index in [4.69, 9.17) is 9.47 Å². The highest BCUT2D eigenvalue weighted by Crippen LogP contribution is 2.31. The Labute approximate surface area is 220 Å². The Balaban J connectivity index is 1.38. The maximum Gasteiger partial charge on any atom is 0.308 e. The highest BCUT2D eigenvalue weighted by Gasteiger charge is 2.24. The van der Waals surface area contributed by atoms with Crippen LogP contribution >= 0.6 is 0 Å². The van der Waals surface area contributed by atoms with Crippen LogP contribution in [0.15, 0.2) is 97.1 Å². The van der Waals surface area contributed by atoms with Crippen molar-refractivity contribution >= 4 is 33.7 Å². The van der Waals surface area contributed by atoms with Gasteiger partial charge in [-0.3, -0.25) is 13.3 Å². The smallest absolute Gasteiger partial charge is 0.308 e. The molecule has 0 radical (unpaired) electrons. The number of ether oxygens (including phenoxy) is 2. The van der Waals surface area contributed by atoms with E-state index in [9.17, 15) is 13.6 Å². The maximum atomic E-state index is 12.8. The molecule has 7 heteroatoms. The normalized spacial score (nSPS) is 12.6. The molecule has 0 spiro atoms. The van der Waals surface area contributed by atoms with Gasteiger partial charge in [0.1, 0.15) is 19.0 Å². The molecule has 0 aromatic heterocycles. The Kier molecular flexibility index (Phi) is 9.29. The average molecular weight is 517 g/mol. The number of carbonyl (C=O) groups is 1. The van der Waals surface area contributed by atoms with Gasteiger partial charge in [-0.2, -0.15) is 0 Å². The molecule has 0 aliphatic carbocycles. The van der Waals surface area contributed by atoms with E-state index in [0.29, 0.717) is 18.7 Å². The maximum absolute atomic E-state index is 12.8. The third kappa shape index (κ3) is 7.18. The Morgan fingerprint density at radius 2 is 1.54 bits per heavy atom. The Bertz CT molecular complexity index is 1320. The lowest BCUT2D eigenvalue weighted by molar-refractivity contribution is -0.145. The number of fused-ring (bicyclic) bond motifs is 1. The minimum Gasteiger partial charge on any atom is -0.755 e. The Hall–Kier alpha value is -3.68. The fraction of sp³-hybridized carbons (Fsp3) is 0.233. The number of benzene rings is 4. The molecular weight excluding hydrogens is 486 g/mol. The van der Waals surface area contributed by atoms with Crippen molar-refractivity contribution in [2.75, 3.05) is 4.31 Å². The van der Waals surface area contributed by atoms with Gasteiger partial charge in [0.25, 0.3) is 0 Å². The van der Waals surface area contributed by atoms with Crippen molar-refractivity contribution in [2.24, 2.45) is 0 Å². The van der Waals surface area contributed by atoms with Crippen LogP contribution in [-0.2, 0) is 34.0 Å². The quantitative estimate of drug-likeness (QED) is 0.163. The molecular formula is C30H30NO5S-. The first-order chi connectivity index (χ1) is 18.0. The van der Waals surface area contributed by atoms with Crippen LogP contribution in [0.4, 0.5) is 5.69 Å². The molecule has 0 aliphatic rings. The van der Waals surface area contributed by atoms with E-state index in [-0.39, 0.29) is 13.0 Å². The van der Waals surface area contributed by atoms with Crippen molar-refractivity contribution in [1.29, 1.82) is 0 Å². The van der Waals surface area contributed by atoms with E-state index in [1.165, 1.54) is 4.31 Å². The molecule has 0 saturated carbocycles. The molecule has 2 unspecified atom stereocenters. The molecule has 4 aromatic rings. The molecule has 4 aromatic carbocycles. The van der Waals surface area contributed by atoms with Crippen LogP contribution in [0, 0.1) is 0 Å². The van der Waals surface area contributed by atoms with Crippen LogP contribution in [0.5, 0.6) is 5.75 Å². The van der Waals surface area contributed by atoms with Gasteiger partial charge in [0.2, 0.25) is 0 Å². The van der Waals surface area contributed by atoms with Crippen LogP contribution in [-0.4, -0.2) is 20.8 Å². The summed E-state index contributed by atoms with van der Waals surface area (Å²) in [4.78, 5) is 12.8. The summed E-state index contributed by atoms with van der Waals surface area (Å²) in [6, 6.07) is 29.9. The minimum atomic E-state index is -2.56. The predicted octanol–water partition coefficient (Wildman–Crippen LogP) is 6.32. The monoisotopic (exact) mass is 516 g/mol. The first-order valence-electron chi connectivity index (χ1n) is 12.3. The fourth-order valence-corrected chi connectivity index (χ4v) is 5.02. The fourth-order valence-electron chi connectivity index (χ4n) is 4.27. The first-order valence-corrected chi connectivity index (χ1v) is 13.4. The van der Waals surface area contributed by atoms with Crippen LogP contribution in [0.3, 0.4) is 0 Å². The number of nitrogens with zero attached hydrogens (tertiary/aromatic N) is 1. The van der Waals surface area contributed by atoms with Gasteiger partial charge in [-0.1, -0.05) is 92.2 Å². The van der Waals surface area contributed by atoms with Gasteiger partial charge < -0.3 is 14.0 Å². The highest BCUT2D eigenvalue weighted by molar-refractivity contribution is 7.80. The van der Waals surface area contributed by atoms with Gasteiger partial charge in [0, 0.05) is 16.7 Å². The largest absolute Gasteiger partial charge is 0.755 e. The molecule has 6 nitrogen and oxygen atoms in total. The standard InChI is InChI=1S/C30H31NO5S/c1-2-9-26(31(37(33)34)29-15-8-13-25-12-6-7-14-28(25)29)20-30(32)36-22-24-16-18-27(19-17-24)35-21-23-10-4-3-5-11-23/h3-8,10-19,26H,2,9,20-22H2,1H3,(H,33,34)/p-1. The van der Waals surface area contributed by atoms with Gasteiger partial charge in [-0.05, 0) is 41.1 Å². The zero-order valence-corrected chi connectivity index (χ0v) is 21.6. The summed E-state index contributed by atoms with van der Waals surface area (Å²) in [5.74, 6) is 0.282. The lowest BCUT2D eigenvalue weighted by Crippen LogP contribution is -2.38. The zero-order valence-electron chi connectivity index (χ0n) is 20.7. The molecule has 0 N–H and O–H groups in total. The van der Waals surface area contributed by atoms with Gasteiger partial charge in [-0.15, -0.1) is 0 Å². The molecule has 0 aliphatic heterocycles. The lowest BCUT2D eigenvalue weighted by Gasteiger charge is -2.35. The second kappa shape index (κ2) is 13.0. The summed E-state index contributed by atoms with van der Waals surface area (Å²) in [5.41, 5.74) is 2.47. The second-order valence-corrected chi connectivity index (χ2v) is 9.59. The number of hydrogen-bond acceptors (Lipinski definition) is 5. The number of rotatable bonds is 12. The SMILES string of the molecule is CCCC(CC(=O)OCc1ccc(OCc2ccccc2)cc1)N(c1cccc2ccccc12)S(=O)[O-]. The summed E-state index contributed by atoms with van der Waals surface area (Å²) < 4.78 is 37.4. The second-order valence-electron chi connectivity index (χ2n) is 8.77. The van der Waals surface area contributed by atoms with E-state index in [1.54, 1.807) is 6.07 Å². The third-order valence-electron chi connectivity index (χ3n) is 6.09. The molecule has 0 fully saturated rings. The van der Waals surface area contributed by atoms with Crippen LogP contribution in [0.2, 0.25) is 0 Å². The summed E-state index contributed by atoms with van der Waals surface area (Å²) >= 11 is -2.56.